The fourth-order valence-electron chi connectivity index (χ4n) is 4.59. The Morgan fingerprint density at radius 2 is 1.87 bits per heavy atom. The number of methoxy groups -OCH3 is 1. The van der Waals surface area contributed by atoms with E-state index in [1.54, 1.807) is 14.0 Å². The quantitative estimate of drug-likeness (QED) is 0.584. The molecule has 4 nitrogen and oxygen atoms in total. The summed E-state index contributed by atoms with van der Waals surface area (Å²) in [6.45, 7) is 8.24. The Bertz CT molecular complexity index is 801. The van der Waals surface area contributed by atoms with Gasteiger partial charge >= 0.3 is 0 Å². The van der Waals surface area contributed by atoms with Crippen molar-refractivity contribution >= 4 is 5.91 Å². The minimum absolute atomic E-state index is 0.0993. The summed E-state index contributed by atoms with van der Waals surface area (Å²) < 4.78 is 11.3. The van der Waals surface area contributed by atoms with Crippen molar-refractivity contribution in [2.75, 3.05) is 20.3 Å². The van der Waals surface area contributed by atoms with Crippen LogP contribution in [0.1, 0.15) is 57.1 Å². The Morgan fingerprint density at radius 3 is 2.47 bits per heavy atom. The molecule has 1 aliphatic rings. The first-order valence-electron chi connectivity index (χ1n) is 11.0. The summed E-state index contributed by atoms with van der Waals surface area (Å²) in [6.07, 6.45) is 3.03. The van der Waals surface area contributed by atoms with Gasteiger partial charge in [0, 0.05) is 26.6 Å². The van der Waals surface area contributed by atoms with Crippen molar-refractivity contribution in [3.05, 3.63) is 65.7 Å². The molecule has 0 spiro atoms. The van der Waals surface area contributed by atoms with Gasteiger partial charge in [-0.2, -0.15) is 0 Å². The molecule has 0 aromatic heterocycles. The number of carbonyl (C=O) groups is 1. The first kappa shape index (κ1) is 22.4. The van der Waals surface area contributed by atoms with Crippen LogP contribution in [-0.4, -0.2) is 36.7 Å². The SMILES string of the molecule is COc1ccc(C(CCN(Cc2ccccc2)C(C)=O)C2CCOC(C)(C)C2)cc1. The van der Waals surface area contributed by atoms with Gasteiger partial charge in [-0.05, 0) is 68.2 Å². The molecule has 1 aliphatic heterocycles. The van der Waals surface area contributed by atoms with E-state index in [4.69, 9.17) is 9.47 Å². The third-order valence-electron chi connectivity index (χ3n) is 6.22. The highest BCUT2D eigenvalue weighted by atomic mass is 16.5. The van der Waals surface area contributed by atoms with Crippen molar-refractivity contribution in [3.63, 3.8) is 0 Å². The van der Waals surface area contributed by atoms with Gasteiger partial charge in [0.15, 0.2) is 0 Å². The molecule has 0 bridgehead atoms. The fourth-order valence-corrected chi connectivity index (χ4v) is 4.59. The molecule has 0 saturated carbocycles. The first-order chi connectivity index (χ1) is 14.4. The van der Waals surface area contributed by atoms with Crippen LogP contribution in [0.15, 0.2) is 54.6 Å². The number of hydrogen-bond donors (Lipinski definition) is 0. The highest BCUT2D eigenvalue weighted by Crippen LogP contribution is 2.40. The van der Waals surface area contributed by atoms with Crippen LogP contribution in [0.25, 0.3) is 0 Å². The summed E-state index contributed by atoms with van der Waals surface area (Å²) in [4.78, 5) is 14.3. The van der Waals surface area contributed by atoms with Gasteiger partial charge in [0.05, 0.1) is 12.7 Å². The molecule has 2 aromatic rings. The lowest BCUT2D eigenvalue weighted by Crippen LogP contribution is -2.37. The topological polar surface area (TPSA) is 38.8 Å². The number of benzene rings is 2. The third-order valence-corrected chi connectivity index (χ3v) is 6.22. The zero-order valence-corrected chi connectivity index (χ0v) is 18.8. The normalized spacial score (nSPS) is 19.1. The van der Waals surface area contributed by atoms with Gasteiger partial charge in [0.25, 0.3) is 0 Å². The van der Waals surface area contributed by atoms with E-state index in [1.807, 2.05) is 35.2 Å². The second-order valence-electron chi connectivity index (χ2n) is 8.96. The largest absolute Gasteiger partial charge is 0.497 e. The van der Waals surface area contributed by atoms with Crippen LogP contribution in [0.4, 0.5) is 0 Å². The molecule has 0 radical (unpaired) electrons. The molecule has 1 amide bonds. The van der Waals surface area contributed by atoms with Gasteiger partial charge in [-0.25, -0.2) is 0 Å². The van der Waals surface area contributed by atoms with Crippen LogP contribution in [0.5, 0.6) is 5.75 Å². The van der Waals surface area contributed by atoms with Crippen molar-refractivity contribution in [3.8, 4) is 5.75 Å². The molecule has 1 fully saturated rings. The maximum absolute atomic E-state index is 12.3. The minimum atomic E-state index is -0.0993. The van der Waals surface area contributed by atoms with E-state index in [0.717, 1.165) is 38.2 Å². The summed E-state index contributed by atoms with van der Waals surface area (Å²) >= 11 is 0. The lowest BCUT2D eigenvalue weighted by Gasteiger charge is -2.40. The van der Waals surface area contributed by atoms with Gasteiger partial charge in [-0.1, -0.05) is 42.5 Å². The molecular formula is C26H35NO3. The predicted octanol–water partition coefficient (Wildman–Crippen LogP) is 5.42. The van der Waals surface area contributed by atoms with Crippen molar-refractivity contribution in [2.24, 2.45) is 5.92 Å². The fraction of sp³-hybridized carbons (Fsp3) is 0.500. The monoisotopic (exact) mass is 409 g/mol. The van der Waals surface area contributed by atoms with Gasteiger partial charge < -0.3 is 14.4 Å². The Hall–Kier alpha value is -2.33. The van der Waals surface area contributed by atoms with Gasteiger partial charge in [0.1, 0.15) is 5.75 Å². The Balaban J connectivity index is 1.77. The van der Waals surface area contributed by atoms with E-state index >= 15 is 0 Å². The molecule has 1 heterocycles. The number of rotatable bonds is 8. The molecule has 2 atom stereocenters. The average Bonchev–Trinajstić information content (AvgIpc) is 2.73. The highest BCUT2D eigenvalue weighted by molar-refractivity contribution is 5.73. The van der Waals surface area contributed by atoms with Crippen molar-refractivity contribution in [1.29, 1.82) is 0 Å². The standard InChI is InChI=1S/C26H35NO3/c1-20(28)27(19-21-8-6-5-7-9-21)16-14-25(22-10-12-24(29-4)13-11-22)23-15-17-30-26(2,3)18-23/h5-13,23,25H,14-19H2,1-4H3. The smallest absolute Gasteiger partial charge is 0.219 e. The molecule has 162 valence electrons. The molecule has 3 rings (SSSR count). The molecule has 1 saturated heterocycles. The molecule has 2 aromatic carbocycles. The molecular weight excluding hydrogens is 374 g/mol. The number of ether oxygens (including phenoxy) is 2. The van der Waals surface area contributed by atoms with Crippen molar-refractivity contribution in [2.45, 2.75) is 58.1 Å². The van der Waals surface area contributed by atoms with Crippen LogP contribution < -0.4 is 4.74 Å². The van der Waals surface area contributed by atoms with Crippen LogP contribution in [0, 0.1) is 5.92 Å². The molecule has 0 aliphatic carbocycles. The first-order valence-corrected chi connectivity index (χ1v) is 11.0. The number of hydrogen-bond acceptors (Lipinski definition) is 3. The zero-order valence-electron chi connectivity index (χ0n) is 18.8. The number of amides is 1. The summed E-state index contributed by atoms with van der Waals surface area (Å²) in [5, 5.41) is 0. The van der Waals surface area contributed by atoms with E-state index in [2.05, 4.69) is 38.1 Å². The lowest BCUT2D eigenvalue weighted by atomic mass is 9.75. The van der Waals surface area contributed by atoms with Crippen LogP contribution in [0.2, 0.25) is 0 Å². The highest BCUT2D eigenvalue weighted by Gasteiger charge is 2.34. The summed E-state index contributed by atoms with van der Waals surface area (Å²) in [7, 11) is 1.70. The van der Waals surface area contributed by atoms with E-state index in [1.165, 1.54) is 11.1 Å². The summed E-state index contributed by atoms with van der Waals surface area (Å²) in [6, 6.07) is 18.7. The molecule has 2 unspecified atom stereocenters. The average molecular weight is 410 g/mol. The third kappa shape index (κ3) is 6.09. The van der Waals surface area contributed by atoms with E-state index in [-0.39, 0.29) is 11.5 Å². The van der Waals surface area contributed by atoms with Crippen LogP contribution in [-0.2, 0) is 16.1 Å². The summed E-state index contributed by atoms with van der Waals surface area (Å²) in [5.41, 5.74) is 2.39. The van der Waals surface area contributed by atoms with Crippen molar-refractivity contribution in [1.82, 2.24) is 4.90 Å². The van der Waals surface area contributed by atoms with Crippen LogP contribution >= 0.6 is 0 Å². The lowest BCUT2D eigenvalue weighted by molar-refractivity contribution is -0.129. The van der Waals surface area contributed by atoms with E-state index in [9.17, 15) is 4.79 Å². The van der Waals surface area contributed by atoms with E-state index in [0.29, 0.717) is 18.4 Å². The zero-order chi connectivity index (χ0) is 21.6. The molecule has 4 heteroatoms. The Labute approximate surface area is 181 Å². The minimum Gasteiger partial charge on any atom is -0.497 e. The Kier molecular flexibility index (Phi) is 7.54. The second kappa shape index (κ2) is 10.1. The maximum Gasteiger partial charge on any atom is 0.219 e. The number of carbonyl (C=O) groups excluding carboxylic acids is 1. The van der Waals surface area contributed by atoms with Gasteiger partial charge in [-0.15, -0.1) is 0 Å². The van der Waals surface area contributed by atoms with Crippen LogP contribution in [0.3, 0.4) is 0 Å². The predicted molar refractivity (Wildman–Crippen MR) is 121 cm³/mol. The maximum atomic E-state index is 12.3. The molecule has 30 heavy (non-hydrogen) atoms. The van der Waals surface area contributed by atoms with Crippen molar-refractivity contribution < 1.29 is 14.3 Å². The number of nitrogens with zero attached hydrogens (tertiary/aromatic N) is 1. The van der Waals surface area contributed by atoms with Gasteiger partial charge in [-0.3, -0.25) is 4.79 Å². The molecule has 0 N–H and O–H groups in total. The van der Waals surface area contributed by atoms with E-state index < -0.39 is 0 Å². The van der Waals surface area contributed by atoms with Gasteiger partial charge in [0.2, 0.25) is 5.91 Å². The summed E-state index contributed by atoms with van der Waals surface area (Å²) in [5.74, 6) is 1.92. The Morgan fingerprint density at radius 1 is 1.17 bits per heavy atom. The second-order valence-corrected chi connectivity index (χ2v) is 8.96.